The van der Waals surface area contributed by atoms with E-state index in [1.807, 2.05) is 12.1 Å². The number of imide groups is 3. The number of carbonyl (C=O) groups is 3. The van der Waals surface area contributed by atoms with Crippen LogP contribution in [0.2, 0.25) is 0 Å². The average Bonchev–Trinajstić information content (AvgIpc) is 3.53. The Balaban J connectivity index is 1.57. The van der Waals surface area contributed by atoms with Gasteiger partial charge in [-0.2, -0.15) is 4.90 Å². The van der Waals surface area contributed by atoms with E-state index in [4.69, 9.17) is 13.9 Å². The zero-order chi connectivity index (χ0) is 25.3. The molecule has 35 heavy (non-hydrogen) atoms. The summed E-state index contributed by atoms with van der Waals surface area (Å²) in [6.45, 7) is 6.58. The molecule has 4 rings (SSSR count). The number of furan rings is 1. The highest BCUT2D eigenvalue weighted by Crippen LogP contribution is 2.51. The lowest BCUT2D eigenvalue weighted by Crippen LogP contribution is -2.38. The third kappa shape index (κ3) is 4.74. The molecule has 8 nitrogen and oxygen atoms in total. The average molecular weight is 486 g/mol. The summed E-state index contributed by atoms with van der Waals surface area (Å²) in [7, 11) is 1.18. The molecule has 0 aromatic carbocycles. The number of amides is 3. The summed E-state index contributed by atoms with van der Waals surface area (Å²) >= 11 is 0. The quantitative estimate of drug-likeness (QED) is 0.428. The van der Waals surface area contributed by atoms with E-state index in [1.165, 1.54) is 18.3 Å². The molecule has 2 aliphatic heterocycles. The van der Waals surface area contributed by atoms with Crippen molar-refractivity contribution < 1.29 is 33.4 Å². The number of nitrogens with zero attached hydrogens (tertiary/aromatic N) is 1. The first-order valence-corrected chi connectivity index (χ1v) is 12.5. The molecule has 1 aromatic heterocycles. The highest BCUT2D eigenvalue weighted by atomic mass is 16.5. The molecule has 8 heteroatoms. The van der Waals surface area contributed by atoms with Crippen LogP contribution in [0.15, 0.2) is 33.3 Å². The lowest BCUT2D eigenvalue weighted by molar-refractivity contribution is -0.137. The molecule has 1 N–H and O–H groups in total. The van der Waals surface area contributed by atoms with Crippen LogP contribution in [0.4, 0.5) is 4.79 Å². The number of ether oxygens (including phenoxy) is 2. The zero-order valence-corrected chi connectivity index (χ0v) is 20.9. The Bertz CT molecular complexity index is 1050. The van der Waals surface area contributed by atoms with Crippen molar-refractivity contribution in [1.82, 2.24) is 4.90 Å². The Labute approximate surface area is 205 Å². The Morgan fingerprint density at radius 2 is 2.00 bits per heavy atom. The van der Waals surface area contributed by atoms with Gasteiger partial charge in [0.15, 0.2) is 0 Å². The normalized spacial score (nSPS) is 26.6. The predicted octanol–water partition coefficient (Wildman–Crippen LogP) is 4.47. The van der Waals surface area contributed by atoms with E-state index in [-0.39, 0.29) is 24.5 Å². The van der Waals surface area contributed by atoms with Gasteiger partial charge in [0.2, 0.25) is 11.8 Å². The molecule has 2 fully saturated rings. The van der Waals surface area contributed by atoms with Crippen molar-refractivity contribution in [3.63, 3.8) is 0 Å². The van der Waals surface area contributed by atoms with Crippen molar-refractivity contribution in [3.05, 3.63) is 40.4 Å². The Kier molecular flexibility index (Phi) is 7.62. The molecule has 190 valence electrons. The van der Waals surface area contributed by atoms with Crippen LogP contribution >= 0.6 is 0 Å². The highest BCUT2D eigenvalue weighted by molar-refractivity contribution is 6.16. The summed E-state index contributed by atoms with van der Waals surface area (Å²) in [4.78, 5) is 39.0. The number of hydrogen-bond donors (Lipinski definition) is 1. The predicted molar refractivity (Wildman–Crippen MR) is 128 cm³/mol. The Hall–Kier alpha value is -2.71. The number of rotatable bonds is 8. The number of carbonyl (C=O) groups excluding carboxylic acids is 3. The topological polar surface area (TPSA) is 106 Å². The molecule has 0 spiro atoms. The van der Waals surface area contributed by atoms with Crippen molar-refractivity contribution in [3.8, 4) is 0 Å². The number of hydrogen-bond acceptors (Lipinski definition) is 7. The van der Waals surface area contributed by atoms with E-state index < -0.39 is 29.7 Å². The van der Waals surface area contributed by atoms with E-state index in [9.17, 15) is 19.5 Å². The van der Waals surface area contributed by atoms with Crippen molar-refractivity contribution in [2.75, 3.05) is 13.7 Å². The summed E-state index contributed by atoms with van der Waals surface area (Å²) in [6.07, 6.45) is 4.97. The van der Waals surface area contributed by atoms with Gasteiger partial charge in [-0.05, 0) is 55.4 Å². The van der Waals surface area contributed by atoms with Crippen LogP contribution < -0.4 is 0 Å². The Morgan fingerprint density at radius 1 is 1.23 bits per heavy atom. The molecule has 2 saturated heterocycles. The molecule has 0 saturated carbocycles. The fourth-order valence-corrected chi connectivity index (χ4v) is 5.90. The van der Waals surface area contributed by atoms with Crippen molar-refractivity contribution in [2.45, 2.75) is 65.6 Å². The third-order valence-electron chi connectivity index (χ3n) is 7.48. The SMILES string of the molecule is CCC/C(=C\c1ccc(CO)o1)CC[C@H]1OC[C@H]2C1=C(C(C)C)C[C@H]1C(=O)N(C(=O)OC)C(=O)[C@H]12. The van der Waals surface area contributed by atoms with Gasteiger partial charge in [0, 0.05) is 5.92 Å². The fourth-order valence-electron chi connectivity index (χ4n) is 5.90. The van der Waals surface area contributed by atoms with Gasteiger partial charge < -0.3 is 19.0 Å². The smallest absolute Gasteiger partial charge is 0.423 e. The molecule has 0 unspecified atom stereocenters. The van der Waals surface area contributed by atoms with Gasteiger partial charge in [-0.1, -0.05) is 38.3 Å². The third-order valence-corrected chi connectivity index (χ3v) is 7.48. The van der Waals surface area contributed by atoms with E-state index in [0.29, 0.717) is 23.7 Å². The van der Waals surface area contributed by atoms with Gasteiger partial charge in [0.1, 0.15) is 18.1 Å². The molecule has 1 aromatic rings. The lowest BCUT2D eigenvalue weighted by atomic mass is 9.67. The lowest BCUT2D eigenvalue weighted by Gasteiger charge is -2.33. The standard InChI is InChI=1S/C27H35NO7/c1-5-6-16(11-17-8-9-18(13-29)35-17)7-10-22-23-19(15(2)3)12-20-24(21(23)14-34-22)26(31)28(25(20)30)27(32)33-4/h8-9,11,15,20-22,24,29H,5-7,10,12-14H2,1-4H3/b16-11+/t20-,21+,22-,24-/m1/s1. The molecule has 3 heterocycles. The first-order valence-electron chi connectivity index (χ1n) is 12.5. The van der Waals surface area contributed by atoms with Crippen molar-refractivity contribution in [1.29, 1.82) is 0 Å². The summed E-state index contributed by atoms with van der Waals surface area (Å²) in [5, 5.41) is 9.27. The molecular formula is C27H35NO7. The summed E-state index contributed by atoms with van der Waals surface area (Å²) in [6, 6.07) is 3.63. The number of aliphatic hydroxyl groups excluding tert-OH is 1. The second kappa shape index (κ2) is 10.5. The summed E-state index contributed by atoms with van der Waals surface area (Å²) in [5.74, 6) is -0.763. The molecular weight excluding hydrogens is 450 g/mol. The highest BCUT2D eigenvalue weighted by Gasteiger charge is 2.59. The van der Waals surface area contributed by atoms with E-state index >= 15 is 0 Å². The first-order chi connectivity index (χ1) is 16.8. The zero-order valence-electron chi connectivity index (χ0n) is 20.9. The maximum Gasteiger partial charge on any atom is 0.423 e. The molecule has 4 atom stereocenters. The second-order valence-corrected chi connectivity index (χ2v) is 9.94. The minimum Gasteiger partial charge on any atom is -0.459 e. The van der Waals surface area contributed by atoms with Gasteiger partial charge >= 0.3 is 6.09 Å². The van der Waals surface area contributed by atoms with E-state index in [2.05, 4.69) is 20.8 Å². The van der Waals surface area contributed by atoms with Gasteiger partial charge in [-0.15, -0.1) is 0 Å². The van der Waals surface area contributed by atoms with Crippen molar-refractivity contribution in [2.24, 2.45) is 23.7 Å². The van der Waals surface area contributed by atoms with Crippen LogP contribution in [0.25, 0.3) is 6.08 Å². The van der Waals surface area contributed by atoms with Crippen LogP contribution in [0.1, 0.15) is 64.4 Å². The van der Waals surface area contributed by atoms with Gasteiger partial charge in [0.05, 0.1) is 31.7 Å². The Morgan fingerprint density at radius 3 is 2.63 bits per heavy atom. The number of aliphatic hydroxyl groups is 1. The van der Waals surface area contributed by atoms with E-state index in [1.54, 1.807) is 6.07 Å². The monoisotopic (exact) mass is 485 g/mol. The molecule has 0 radical (unpaired) electrons. The van der Waals surface area contributed by atoms with Gasteiger partial charge in [-0.25, -0.2) is 4.79 Å². The number of fused-ring (bicyclic) bond motifs is 3. The summed E-state index contributed by atoms with van der Waals surface area (Å²) in [5.41, 5.74) is 3.56. The largest absolute Gasteiger partial charge is 0.459 e. The molecule has 1 aliphatic carbocycles. The van der Waals surface area contributed by atoms with Crippen LogP contribution in [-0.4, -0.2) is 47.7 Å². The molecule has 0 bridgehead atoms. The van der Waals surface area contributed by atoms with Gasteiger partial charge in [-0.3, -0.25) is 9.59 Å². The number of allylic oxidation sites excluding steroid dienone is 2. The molecule has 3 aliphatic rings. The minimum absolute atomic E-state index is 0.127. The van der Waals surface area contributed by atoms with Gasteiger partial charge in [0.25, 0.3) is 0 Å². The maximum atomic E-state index is 13.1. The van der Waals surface area contributed by atoms with Crippen LogP contribution in [0, 0.1) is 23.7 Å². The minimum atomic E-state index is -0.908. The van der Waals surface area contributed by atoms with Crippen LogP contribution in [0.5, 0.6) is 0 Å². The summed E-state index contributed by atoms with van der Waals surface area (Å²) < 4.78 is 16.6. The van der Waals surface area contributed by atoms with E-state index in [0.717, 1.165) is 37.0 Å². The van der Waals surface area contributed by atoms with Crippen LogP contribution in [-0.2, 0) is 25.7 Å². The molecule has 3 amide bonds. The number of methoxy groups -OCH3 is 1. The number of likely N-dealkylation sites (tertiary alicyclic amines) is 1. The maximum absolute atomic E-state index is 13.1. The van der Waals surface area contributed by atoms with Crippen molar-refractivity contribution >= 4 is 24.0 Å². The second-order valence-electron chi connectivity index (χ2n) is 9.94. The first kappa shape index (κ1) is 25.4. The van der Waals surface area contributed by atoms with Crippen LogP contribution in [0.3, 0.4) is 0 Å². The fraction of sp³-hybridized carbons (Fsp3) is 0.593.